The average Bonchev–Trinajstić information content (AvgIpc) is 3.02. The van der Waals surface area contributed by atoms with Crippen molar-refractivity contribution < 1.29 is 79.4 Å². The van der Waals surface area contributed by atoms with Gasteiger partial charge in [0.1, 0.15) is 4.90 Å². The maximum absolute atomic E-state index is 14.3. The lowest BCUT2D eigenvalue weighted by molar-refractivity contribution is 0.0974. The van der Waals surface area contributed by atoms with Crippen LogP contribution in [0.25, 0.3) is 0 Å². The second kappa shape index (κ2) is 11.0. The lowest BCUT2D eigenvalue weighted by atomic mass is 9.76. The highest BCUT2D eigenvalue weighted by molar-refractivity contribution is 7.89. The minimum atomic E-state index is -6.30. The van der Waals surface area contributed by atoms with Crippen molar-refractivity contribution in [2.45, 2.75) is 15.8 Å². The van der Waals surface area contributed by atoms with Crippen molar-refractivity contribution in [3.8, 4) is 11.5 Å². The molecular weight excluding hydrogens is 781 g/mol. The molecule has 1 aliphatic heterocycles. The van der Waals surface area contributed by atoms with Crippen LogP contribution >= 0.6 is 0 Å². The number of Topliss-reactive ketones (excluding diaryl/α,β-unsaturated/α-hetero) is 2. The van der Waals surface area contributed by atoms with E-state index in [1.54, 1.807) is 6.07 Å². The molecule has 1 atom stereocenters. The second-order valence-electron chi connectivity index (χ2n) is 11.1. The number of fused-ring (bicyclic) bond motifs is 7. The summed E-state index contributed by atoms with van der Waals surface area (Å²) < 4.78 is 145. The van der Waals surface area contributed by atoms with Gasteiger partial charge in [0.05, 0.1) is 39.8 Å². The molecule has 1 unspecified atom stereocenters. The number of carbonyl (C=O) groups is 4. The highest BCUT2D eigenvalue weighted by Gasteiger charge is 2.49. The maximum Gasteiger partial charge on any atom is 0.446 e. The molecule has 0 saturated heterocycles. The molecule has 52 heavy (non-hydrogen) atoms. The number of benzene rings is 3. The van der Waals surface area contributed by atoms with Gasteiger partial charge in [-0.05, 0) is 24.3 Å². The zero-order valence-electron chi connectivity index (χ0n) is 24.8. The van der Waals surface area contributed by atoms with Crippen LogP contribution in [0.15, 0.2) is 74.5 Å². The lowest BCUT2D eigenvalue weighted by Gasteiger charge is -2.34. The summed E-state index contributed by atoms with van der Waals surface area (Å²) in [6.07, 6.45) is 2.56. The number of nitrogens with one attached hydrogen (secondary N) is 1. The monoisotopic (exact) mass is 794 g/mol. The second-order valence-corrected chi connectivity index (χ2v) is 15.8. The largest absolute Gasteiger partial charge is 0.446 e. The number of anilines is 1. The van der Waals surface area contributed by atoms with E-state index in [2.05, 4.69) is 18.7 Å². The van der Waals surface area contributed by atoms with Gasteiger partial charge < -0.3 is 13.7 Å². The fraction of sp³-hybridized carbons (Fsp3) is 0.0357. The van der Waals surface area contributed by atoms with Crippen LogP contribution in [0.1, 0.15) is 52.6 Å². The van der Waals surface area contributed by atoms with Gasteiger partial charge in [0.25, 0.3) is 20.2 Å². The topological polar surface area (TPSA) is 329 Å². The third kappa shape index (κ3) is 5.35. The average molecular weight is 795 g/mol. The molecule has 268 valence electrons. The highest BCUT2D eigenvalue weighted by atomic mass is 32.3. The first-order valence-electron chi connectivity index (χ1n) is 13.7. The number of rotatable bonds is 6. The van der Waals surface area contributed by atoms with E-state index < -0.39 is 119 Å². The molecule has 3 aromatic carbocycles. The molecule has 5 N–H and O–H groups in total. The number of allylic oxidation sites excluding steroid dienone is 2. The molecule has 0 fully saturated rings. The van der Waals surface area contributed by atoms with Gasteiger partial charge in [0.2, 0.25) is 11.5 Å². The Balaban J connectivity index is 1.51. The van der Waals surface area contributed by atoms with E-state index in [0.29, 0.717) is 0 Å². The van der Waals surface area contributed by atoms with Crippen LogP contribution in [-0.2, 0) is 41.0 Å². The van der Waals surface area contributed by atoms with Crippen molar-refractivity contribution in [2.24, 2.45) is 4.99 Å². The molecule has 20 nitrogen and oxygen atoms in total. The first kappa shape index (κ1) is 35.0. The fourth-order valence-electron chi connectivity index (χ4n) is 6.25. The van der Waals surface area contributed by atoms with Gasteiger partial charge in [0, 0.05) is 27.8 Å². The van der Waals surface area contributed by atoms with E-state index in [1.807, 2.05) is 0 Å². The normalized spacial score (nSPS) is 17.9. The molecule has 0 bridgehead atoms. The smallest absolute Gasteiger partial charge is 0.371 e. The molecule has 0 amide bonds. The van der Waals surface area contributed by atoms with E-state index in [0.717, 1.165) is 12.1 Å². The Morgan fingerprint density at radius 1 is 0.596 bits per heavy atom. The van der Waals surface area contributed by atoms with Crippen molar-refractivity contribution >= 4 is 81.3 Å². The molecule has 24 heteroatoms. The van der Waals surface area contributed by atoms with Gasteiger partial charge in [-0.3, -0.25) is 37.4 Å². The molecule has 4 aliphatic rings. The lowest BCUT2D eigenvalue weighted by Crippen LogP contribution is -2.41. The van der Waals surface area contributed by atoms with Crippen molar-refractivity contribution in [3.05, 3.63) is 93.1 Å². The van der Waals surface area contributed by atoms with Gasteiger partial charge in [-0.2, -0.15) is 33.7 Å². The number of hydrogen-bond acceptors (Lipinski definition) is 16. The first-order chi connectivity index (χ1) is 24.0. The van der Waals surface area contributed by atoms with Crippen LogP contribution in [0.2, 0.25) is 0 Å². The van der Waals surface area contributed by atoms with Crippen molar-refractivity contribution in [1.82, 2.24) is 0 Å². The van der Waals surface area contributed by atoms with Crippen LogP contribution in [0.5, 0.6) is 11.5 Å². The SMILES string of the molecule is O=C1C2=C(C(=O)c3ccccc31)C1Nc3ccc4c(c3N=C1C=C2)C(=O)c1c(c(OS(=O)(=O)O)c(OS(=O)(=O)O)c(S(=O)(=O)O)c1S(=O)(=O)O)C4=O. The van der Waals surface area contributed by atoms with E-state index in [4.69, 9.17) is 0 Å². The van der Waals surface area contributed by atoms with Gasteiger partial charge in [-0.15, -0.1) is 0 Å². The summed E-state index contributed by atoms with van der Waals surface area (Å²) in [5, 5.41) is 2.92. The summed E-state index contributed by atoms with van der Waals surface area (Å²) in [6.45, 7) is 0. The van der Waals surface area contributed by atoms with Crippen LogP contribution in [-0.4, -0.2) is 86.8 Å². The quantitative estimate of drug-likeness (QED) is 0.171. The summed E-state index contributed by atoms with van der Waals surface area (Å²) in [7, 11) is -24.6. The van der Waals surface area contributed by atoms with E-state index >= 15 is 0 Å². The zero-order chi connectivity index (χ0) is 38.0. The van der Waals surface area contributed by atoms with Crippen molar-refractivity contribution in [3.63, 3.8) is 0 Å². The van der Waals surface area contributed by atoms with Gasteiger partial charge in [-0.25, -0.2) is 4.99 Å². The molecule has 3 aromatic rings. The molecule has 0 spiro atoms. The number of hydrogen-bond donors (Lipinski definition) is 5. The Kier molecular flexibility index (Phi) is 7.41. The molecule has 0 aromatic heterocycles. The van der Waals surface area contributed by atoms with E-state index in [9.17, 15) is 71.1 Å². The van der Waals surface area contributed by atoms with Crippen molar-refractivity contribution in [2.75, 3.05) is 5.32 Å². The fourth-order valence-corrected chi connectivity index (χ4v) is 9.16. The minimum absolute atomic E-state index is 0.0200. The third-order valence-corrected chi connectivity index (χ3v) is 10.8. The Morgan fingerprint density at radius 2 is 1.17 bits per heavy atom. The summed E-state index contributed by atoms with van der Waals surface area (Å²) in [4.78, 5) is 54.9. The molecule has 3 aliphatic carbocycles. The predicted molar refractivity (Wildman–Crippen MR) is 170 cm³/mol. The number of carbonyl (C=O) groups excluding carboxylic acids is 4. The molecule has 7 rings (SSSR count). The Labute approximate surface area is 290 Å². The van der Waals surface area contributed by atoms with Crippen molar-refractivity contribution in [1.29, 1.82) is 0 Å². The number of nitrogens with zero attached hydrogens (tertiary/aromatic N) is 1. The third-order valence-electron chi connectivity index (χ3n) is 8.06. The van der Waals surface area contributed by atoms with E-state index in [-0.39, 0.29) is 33.7 Å². The van der Waals surface area contributed by atoms with Gasteiger partial charge >= 0.3 is 20.8 Å². The predicted octanol–water partition coefficient (Wildman–Crippen LogP) is 1.13. The van der Waals surface area contributed by atoms with Crippen LogP contribution < -0.4 is 13.7 Å². The highest BCUT2D eigenvalue weighted by Crippen LogP contribution is 2.51. The summed E-state index contributed by atoms with van der Waals surface area (Å²) in [6, 6.07) is 6.86. The van der Waals surface area contributed by atoms with Crippen LogP contribution in [0.4, 0.5) is 11.4 Å². The Morgan fingerprint density at radius 3 is 1.75 bits per heavy atom. The van der Waals surface area contributed by atoms with Gasteiger partial charge in [0.15, 0.2) is 28.0 Å². The molecule has 1 heterocycles. The first-order valence-corrected chi connectivity index (χ1v) is 19.4. The standard InChI is InChI=1S/C28H14N2O18S4/c31-21-9-3-1-2-4-10(9)22(32)15-11(21)5-7-13-19(15)29-14-8-6-12-16(20(14)30-13)24(34)18-17(23(12)33)25(47-51(41,42)43)26(48-52(44,45)46)28(50(38,39)40)27(18)49(35,36)37/h1-8,19,29H,(H,35,36,37)(H,38,39,40)(H,41,42,43)(H,44,45,46). The van der Waals surface area contributed by atoms with Crippen LogP contribution in [0.3, 0.4) is 0 Å². The minimum Gasteiger partial charge on any atom is -0.371 e. The molecule has 0 radical (unpaired) electrons. The van der Waals surface area contributed by atoms with Gasteiger partial charge in [-0.1, -0.05) is 24.3 Å². The summed E-state index contributed by atoms with van der Waals surface area (Å²) >= 11 is 0. The molecule has 0 saturated carbocycles. The summed E-state index contributed by atoms with van der Waals surface area (Å²) in [5.74, 6) is -8.74. The summed E-state index contributed by atoms with van der Waals surface area (Å²) in [5.41, 5.74) is -5.41. The van der Waals surface area contributed by atoms with Crippen LogP contribution in [0, 0.1) is 0 Å². The maximum atomic E-state index is 14.3. The Bertz CT molecular complexity index is 2890. The number of ketones is 4. The molecular formula is C28H14N2O18S4. The Hall–Kier alpha value is -5.47. The van der Waals surface area contributed by atoms with E-state index in [1.165, 1.54) is 30.4 Å². The zero-order valence-corrected chi connectivity index (χ0v) is 28.0. The number of aliphatic imine (C=N–C) groups is 1.